The molecular weight excluding hydrogens is 278 g/mol. The maximum Gasteiger partial charge on any atom is 0.258 e. The van der Waals surface area contributed by atoms with Crippen molar-refractivity contribution in [3.8, 4) is 5.75 Å². The minimum absolute atomic E-state index is 0.00889. The monoisotopic (exact) mass is 297 g/mol. The number of hydrogen-bond acceptors (Lipinski definition) is 4. The summed E-state index contributed by atoms with van der Waals surface area (Å²) in [6, 6.07) is 11.1. The lowest BCUT2D eigenvalue weighted by Crippen LogP contribution is -2.43. The molecule has 0 N–H and O–H groups in total. The lowest BCUT2D eigenvalue weighted by Gasteiger charge is -2.34. The highest BCUT2D eigenvalue weighted by Gasteiger charge is 2.26. The number of carbonyl (C=O) groups is 1. The fourth-order valence-electron chi connectivity index (χ4n) is 2.60. The average Bonchev–Trinajstić information content (AvgIpc) is 2.56. The second kappa shape index (κ2) is 6.05. The quantitative estimate of drug-likeness (QED) is 0.873. The molecule has 1 aliphatic rings. The molecule has 0 fully saturated rings. The maximum absolute atomic E-state index is 12.8. The lowest BCUT2D eigenvalue weighted by atomic mass is 10.1. The summed E-state index contributed by atoms with van der Waals surface area (Å²) in [5.41, 5.74) is 1.51. The van der Waals surface area contributed by atoms with Crippen LogP contribution < -0.4 is 14.5 Å². The molecule has 0 bridgehead atoms. The van der Waals surface area contributed by atoms with Gasteiger partial charge in [-0.25, -0.2) is 4.98 Å². The van der Waals surface area contributed by atoms with Gasteiger partial charge in [-0.15, -0.1) is 0 Å². The first kappa shape index (κ1) is 14.4. The van der Waals surface area contributed by atoms with Crippen LogP contribution in [0.2, 0.25) is 0 Å². The van der Waals surface area contributed by atoms with Gasteiger partial charge >= 0.3 is 0 Å². The number of pyridine rings is 1. The largest absolute Gasteiger partial charge is 0.494 e. The van der Waals surface area contributed by atoms with Crippen molar-refractivity contribution in [2.75, 3.05) is 36.5 Å². The van der Waals surface area contributed by atoms with E-state index in [1.807, 2.05) is 50.4 Å². The van der Waals surface area contributed by atoms with Crippen molar-refractivity contribution < 1.29 is 9.53 Å². The summed E-state index contributed by atoms with van der Waals surface area (Å²) >= 11 is 0. The first-order valence-corrected chi connectivity index (χ1v) is 7.41. The van der Waals surface area contributed by atoms with Gasteiger partial charge in [0.1, 0.15) is 5.75 Å². The van der Waals surface area contributed by atoms with Gasteiger partial charge in [-0.1, -0.05) is 0 Å². The number of fused-ring (bicyclic) bond motifs is 1. The zero-order valence-corrected chi connectivity index (χ0v) is 12.8. The first-order valence-electron chi connectivity index (χ1n) is 7.41. The number of anilines is 2. The summed E-state index contributed by atoms with van der Waals surface area (Å²) in [5, 5.41) is 0. The summed E-state index contributed by atoms with van der Waals surface area (Å²) < 4.78 is 5.41. The summed E-state index contributed by atoms with van der Waals surface area (Å²) in [6.45, 7) is 3.98. The number of hydrogen-bond donors (Lipinski definition) is 0. The molecule has 1 aromatic carbocycles. The van der Waals surface area contributed by atoms with Crippen LogP contribution in [0.5, 0.6) is 5.75 Å². The van der Waals surface area contributed by atoms with Crippen LogP contribution in [0, 0.1) is 0 Å². The molecule has 0 spiro atoms. The van der Waals surface area contributed by atoms with Gasteiger partial charge < -0.3 is 14.5 Å². The van der Waals surface area contributed by atoms with Crippen molar-refractivity contribution in [1.82, 2.24) is 4.98 Å². The Hall–Kier alpha value is -2.56. The molecule has 0 saturated heterocycles. The van der Waals surface area contributed by atoms with Crippen LogP contribution in [0.3, 0.4) is 0 Å². The molecule has 5 nitrogen and oxygen atoms in total. The minimum Gasteiger partial charge on any atom is -0.494 e. The smallest absolute Gasteiger partial charge is 0.258 e. The third kappa shape index (κ3) is 2.62. The highest BCUT2D eigenvalue weighted by Crippen LogP contribution is 2.30. The van der Waals surface area contributed by atoms with Gasteiger partial charge in [0.25, 0.3) is 5.91 Å². The number of ether oxygens (including phenoxy) is 1. The Kier molecular flexibility index (Phi) is 3.96. The second-order valence-electron chi connectivity index (χ2n) is 5.18. The molecule has 0 saturated carbocycles. The number of nitrogens with zero attached hydrogens (tertiary/aromatic N) is 3. The standard InChI is InChI=1S/C17H19N3O2/c1-3-22-14-8-6-13(7-9-14)17(21)20-12-11-19(2)16-15(20)5-4-10-18-16/h4-10H,3,11-12H2,1-2H3. The molecule has 5 heteroatoms. The molecule has 1 amide bonds. The van der Waals surface area contributed by atoms with Crippen LogP contribution >= 0.6 is 0 Å². The summed E-state index contributed by atoms with van der Waals surface area (Å²) in [6.07, 6.45) is 1.75. The molecule has 2 aromatic rings. The van der Waals surface area contributed by atoms with Crippen LogP contribution in [0.15, 0.2) is 42.6 Å². The van der Waals surface area contributed by atoms with Crippen molar-refractivity contribution in [3.05, 3.63) is 48.2 Å². The van der Waals surface area contributed by atoms with Crippen molar-refractivity contribution >= 4 is 17.4 Å². The predicted molar refractivity (Wildman–Crippen MR) is 86.8 cm³/mol. The molecule has 3 rings (SSSR count). The van der Waals surface area contributed by atoms with Crippen molar-refractivity contribution in [2.24, 2.45) is 0 Å². The van der Waals surface area contributed by atoms with E-state index in [4.69, 9.17) is 4.74 Å². The highest BCUT2D eigenvalue weighted by atomic mass is 16.5. The Morgan fingerprint density at radius 3 is 2.73 bits per heavy atom. The van der Waals surface area contributed by atoms with E-state index in [2.05, 4.69) is 9.88 Å². The van der Waals surface area contributed by atoms with E-state index in [1.54, 1.807) is 11.1 Å². The van der Waals surface area contributed by atoms with Gasteiger partial charge in [-0.2, -0.15) is 0 Å². The van der Waals surface area contributed by atoms with E-state index in [0.717, 1.165) is 23.8 Å². The van der Waals surface area contributed by atoms with Gasteiger partial charge in [0, 0.05) is 31.9 Å². The highest BCUT2D eigenvalue weighted by molar-refractivity contribution is 6.08. The van der Waals surface area contributed by atoms with Crippen molar-refractivity contribution in [3.63, 3.8) is 0 Å². The zero-order valence-electron chi connectivity index (χ0n) is 12.8. The van der Waals surface area contributed by atoms with Gasteiger partial charge in [0.15, 0.2) is 5.82 Å². The van der Waals surface area contributed by atoms with Gasteiger partial charge in [0.05, 0.1) is 12.3 Å². The lowest BCUT2D eigenvalue weighted by molar-refractivity contribution is 0.0986. The number of rotatable bonds is 3. The molecular formula is C17H19N3O2. The molecule has 114 valence electrons. The van der Waals surface area contributed by atoms with Gasteiger partial charge in [-0.05, 0) is 43.3 Å². The topological polar surface area (TPSA) is 45.7 Å². The normalized spacial score (nSPS) is 13.7. The SMILES string of the molecule is CCOc1ccc(C(=O)N2CCN(C)c3ncccc32)cc1. The molecule has 0 aliphatic carbocycles. The Morgan fingerprint density at radius 2 is 2.00 bits per heavy atom. The number of amides is 1. The fraction of sp³-hybridized carbons (Fsp3) is 0.294. The Balaban J connectivity index is 1.88. The third-order valence-corrected chi connectivity index (χ3v) is 3.73. The van der Waals surface area contributed by atoms with E-state index < -0.39 is 0 Å². The van der Waals surface area contributed by atoms with Gasteiger partial charge in [0.2, 0.25) is 0 Å². The Morgan fingerprint density at radius 1 is 1.23 bits per heavy atom. The van der Waals surface area contributed by atoms with Crippen molar-refractivity contribution in [1.29, 1.82) is 0 Å². The molecule has 0 unspecified atom stereocenters. The fourth-order valence-corrected chi connectivity index (χ4v) is 2.60. The zero-order chi connectivity index (χ0) is 15.5. The predicted octanol–water partition coefficient (Wildman–Crippen LogP) is 2.58. The molecule has 1 aliphatic heterocycles. The van der Waals surface area contributed by atoms with E-state index >= 15 is 0 Å². The van der Waals surface area contributed by atoms with Crippen LogP contribution in [-0.2, 0) is 0 Å². The molecule has 2 heterocycles. The number of benzene rings is 1. The second-order valence-corrected chi connectivity index (χ2v) is 5.18. The summed E-state index contributed by atoms with van der Waals surface area (Å²) in [4.78, 5) is 21.0. The molecule has 0 atom stereocenters. The molecule has 1 aromatic heterocycles. The van der Waals surface area contributed by atoms with Crippen LogP contribution in [-0.4, -0.2) is 37.6 Å². The van der Waals surface area contributed by atoms with Crippen molar-refractivity contribution in [2.45, 2.75) is 6.92 Å². The van der Waals surface area contributed by atoms with Crippen LogP contribution in [0.4, 0.5) is 11.5 Å². The van der Waals surface area contributed by atoms with E-state index in [1.165, 1.54) is 0 Å². The number of aromatic nitrogens is 1. The van der Waals surface area contributed by atoms with Crippen LogP contribution in [0.1, 0.15) is 17.3 Å². The molecule has 0 radical (unpaired) electrons. The first-order chi connectivity index (χ1) is 10.7. The molecule has 22 heavy (non-hydrogen) atoms. The Bertz CT molecular complexity index is 670. The third-order valence-electron chi connectivity index (χ3n) is 3.73. The summed E-state index contributed by atoms with van der Waals surface area (Å²) in [7, 11) is 1.99. The minimum atomic E-state index is -0.00889. The van der Waals surface area contributed by atoms with E-state index in [0.29, 0.717) is 18.7 Å². The Labute approximate surface area is 130 Å². The van der Waals surface area contributed by atoms with Crippen LogP contribution in [0.25, 0.3) is 0 Å². The summed E-state index contributed by atoms with van der Waals surface area (Å²) in [5.74, 6) is 1.61. The van der Waals surface area contributed by atoms with Gasteiger partial charge in [-0.3, -0.25) is 4.79 Å². The van der Waals surface area contributed by atoms with E-state index in [9.17, 15) is 4.79 Å². The number of carbonyl (C=O) groups excluding carboxylic acids is 1. The number of likely N-dealkylation sites (N-methyl/N-ethyl adjacent to an activating group) is 1. The average molecular weight is 297 g/mol. The maximum atomic E-state index is 12.8. The van der Waals surface area contributed by atoms with E-state index in [-0.39, 0.29) is 5.91 Å².